The van der Waals surface area contributed by atoms with Gasteiger partial charge in [-0.05, 0) is 48.0 Å². The summed E-state index contributed by atoms with van der Waals surface area (Å²) in [5.74, 6) is 0. The van der Waals surface area contributed by atoms with E-state index in [-0.39, 0.29) is 0 Å². The number of nitrogens with one attached hydrogen (secondary N) is 1. The summed E-state index contributed by atoms with van der Waals surface area (Å²) in [6.07, 6.45) is 1.82. The largest absolute Gasteiger partial charge is 0.316 e. The summed E-state index contributed by atoms with van der Waals surface area (Å²) in [4.78, 5) is 4.42. The summed E-state index contributed by atoms with van der Waals surface area (Å²) < 4.78 is 0. The standard InChI is InChI=1S/C17H15ClN2/c1-19-11-14-6-7-15(18)10-16(14)13-5-4-12-3-2-8-20-17(12)9-13/h2-10,19H,11H2,1H3. The molecule has 0 aliphatic rings. The van der Waals surface area contributed by atoms with Crippen molar-refractivity contribution in [1.82, 2.24) is 10.3 Å². The van der Waals surface area contributed by atoms with Gasteiger partial charge >= 0.3 is 0 Å². The Morgan fingerprint density at radius 2 is 2.00 bits per heavy atom. The van der Waals surface area contributed by atoms with Crippen LogP contribution in [0.5, 0.6) is 0 Å². The van der Waals surface area contributed by atoms with Crippen molar-refractivity contribution in [2.24, 2.45) is 0 Å². The van der Waals surface area contributed by atoms with Crippen LogP contribution in [0.2, 0.25) is 5.02 Å². The fourth-order valence-corrected chi connectivity index (χ4v) is 2.57. The minimum absolute atomic E-state index is 0.751. The van der Waals surface area contributed by atoms with Crippen LogP contribution < -0.4 is 5.32 Å². The van der Waals surface area contributed by atoms with E-state index in [1.807, 2.05) is 31.4 Å². The molecule has 0 bridgehead atoms. The van der Waals surface area contributed by atoms with Crippen molar-refractivity contribution in [1.29, 1.82) is 0 Å². The highest BCUT2D eigenvalue weighted by atomic mass is 35.5. The fraction of sp³-hybridized carbons (Fsp3) is 0.118. The molecule has 0 unspecified atom stereocenters. The van der Waals surface area contributed by atoms with E-state index >= 15 is 0 Å². The van der Waals surface area contributed by atoms with Gasteiger partial charge in [0.15, 0.2) is 0 Å². The maximum Gasteiger partial charge on any atom is 0.0708 e. The molecule has 0 fully saturated rings. The quantitative estimate of drug-likeness (QED) is 0.776. The Kier molecular flexibility index (Phi) is 3.68. The first kappa shape index (κ1) is 13.1. The van der Waals surface area contributed by atoms with Gasteiger partial charge in [0.25, 0.3) is 0 Å². The van der Waals surface area contributed by atoms with Crippen LogP contribution in [0.25, 0.3) is 22.0 Å². The Bertz CT molecular complexity index is 753. The number of aromatic nitrogens is 1. The van der Waals surface area contributed by atoms with E-state index < -0.39 is 0 Å². The van der Waals surface area contributed by atoms with E-state index in [0.29, 0.717) is 0 Å². The molecule has 0 spiro atoms. The predicted molar refractivity (Wildman–Crippen MR) is 85.0 cm³/mol. The highest BCUT2D eigenvalue weighted by Crippen LogP contribution is 2.29. The number of fused-ring (bicyclic) bond motifs is 1. The molecule has 0 amide bonds. The second-order valence-corrected chi connectivity index (χ2v) is 5.18. The zero-order chi connectivity index (χ0) is 13.9. The summed E-state index contributed by atoms with van der Waals surface area (Å²) in [6, 6.07) is 16.4. The Balaban J connectivity index is 2.16. The smallest absolute Gasteiger partial charge is 0.0708 e. The SMILES string of the molecule is CNCc1ccc(Cl)cc1-c1ccc2cccnc2c1. The van der Waals surface area contributed by atoms with Crippen molar-refractivity contribution in [2.45, 2.75) is 6.54 Å². The third-order valence-electron chi connectivity index (χ3n) is 3.36. The van der Waals surface area contributed by atoms with Gasteiger partial charge in [-0.25, -0.2) is 0 Å². The van der Waals surface area contributed by atoms with Crippen molar-refractivity contribution in [3.63, 3.8) is 0 Å². The van der Waals surface area contributed by atoms with Crippen molar-refractivity contribution >= 4 is 22.5 Å². The number of hydrogen-bond donors (Lipinski definition) is 1. The van der Waals surface area contributed by atoms with Crippen LogP contribution in [-0.2, 0) is 6.54 Å². The highest BCUT2D eigenvalue weighted by molar-refractivity contribution is 6.30. The molecule has 2 aromatic carbocycles. The fourth-order valence-electron chi connectivity index (χ4n) is 2.40. The average Bonchev–Trinajstić information content (AvgIpc) is 2.49. The van der Waals surface area contributed by atoms with Crippen LogP contribution in [0.15, 0.2) is 54.7 Å². The van der Waals surface area contributed by atoms with Gasteiger partial charge in [-0.2, -0.15) is 0 Å². The maximum atomic E-state index is 6.15. The normalized spacial score (nSPS) is 10.9. The number of benzene rings is 2. The molecule has 3 aromatic rings. The highest BCUT2D eigenvalue weighted by Gasteiger charge is 2.07. The lowest BCUT2D eigenvalue weighted by Crippen LogP contribution is -2.06. The van der Waals surface area contributed by atoms with Crippen molar-refractivity contribution in [2.75, 3.05) is 7.05 Å². The van der Waals surface area contributed by atoms with Gasteiger partial charge in [0.1, 0.15) is 0 Å². The molecule has 100 valence electrons. The van der Waals surface area contributed by atoms with E-state index in [0.717, 1.165) is 33.6 Å². The van der Waals surface area contributed by atoms with Crippen molar-refractivity contribution < 1.29 is 0 Å². The van der Waals surface area contributed by atoms with Crippen molar-refractivity contribution in [3.8, 4) is 11.1 Å². The van der Waals surface area contributed by atoms with E-state index in [9.17, 15) is 0 Å². The predicted octanol–water partition coefficient (Wildman–Crippen LogP) is 4.27. The monoisotopic (exact) mass is 282 g/mol. The van der Waals surface area contributed by atoms with E-state index in [4.69, 9.17) is 11.6 Å². The molecule has 0 aliphatic carbocycles. The van der Waals surface area contributed by atoms with Crippen LogP contribution in [0, 0.1) is 0 Å². The average molecular weight is 283 g/mol. The number of nitrogens with zero attached hydrogens (tertiary/aromatic N) is 1. The number of hydrogen-bond acceptors (Lipinski definition) is 2. The molecule has 3 rings (SSSR count). The number of halogens is 1. The van der Waals surface area contributed by atoms with E-state index in [2.05, 4.69) is 40.6 Å². The molecule has 0 aliphatic heterocycles. The third kappa shape index (κ3) is 2.53. The topological polar surface area (TPSA) is 24.9 Å². The van der Waals surface area contributed by atoms with Gasteiger partial charge in [0, 0.05) is 23.2 Å². The second kappa shape index (κ2) is 5.61. The van der Waals surface area contributed by atoms with Gasteiger partial charge in [-0.1, -0.05) is 35.9 Å². The lowest BCUT2D eigenvalue weighted by Gasteiger charge is -2.11. The summed E-state index contributed by atoms with van der Waals surface area (Å²) in [5, 5.41) is 5.09. The summed E-state index contributed by atoms with van der Waals surface area (Å²) in [5.41, 5.74) is 4.52. The second-order valence-electron chi connectivity index (χ2n) is 4.74. The molecule has 1 aromatic heterocycles. The van der Waals surface area contributed by atoms with Crippen molar-refractivity contribution in [3.05, 3.63) is 65.3 Å². The zero-order valence-electron chi connectivity index (χ0n) is 11.2. The number of rotatable bonds is 3. The zero-order valence-corrected chi connectivity index (χ0v) is 12.0. The van der Waals surface area contributed by atoms with Crippen LogP contribution in [0.1, 0.15) is 5.56 Å². The molecule has 1 heterocycles. The van der Waals surface area contributed by atoms with E-state index in [1.54, 1.807) is 0 Å². The third-order valence-corrected chi connectivity index (χ3v) is 3.59. The molecule has 0 saturated carbocycles. The van der Waals surface area contributed by atoms with Crippen LogP contribution >= 0.6 is 11.6 Å². The lowest BCUT2D eigenvalue weighted by atomic mass is 9.98. The Labute approximate surface area is 123 Å². The molecule has 2 nitrogen and oxygen atoms in total. The maximum absolute atomic E-state index is 6.15. The summed E-state index contributed by atoms with van der Waals surface area (Å²) in [7, 11) is 1.94. The summed E-state index contributed by atoms with van der Waals surface area (Å²) in [6.45, 7) is 0.812. The molecule has 0 atom stereocenters. The van der Waals surface area contributed by atoms with Gasteiger partial charge in [-0.15, -0.1) is 0 Å². The van der Waals surface area contributed by atoms with Gasteiger partial charge in [-0.3, -0.25) is 4.98 Å². The summed E-state index contributed by atoms with van der Waals surface area (Å²) >= 11 is 6.15. The Morgan fingerprint density at radius 1 is 1.10 bits per heavy atom. The van der Waals surface area contributed by atoms with Gasteiger partial charge in [0.2, 0.25) is 0 Å². The first-order valence-corrected chi connectivity index (χ1v) is 6.94. The molecule has 0 saturated heterocycles. The van der Waals surface area contributed by atoms with Crippen LogP contribution in [0.4, 0.5) is 0 Å². The van der Waals surface area contributed by atoms with Crippen LogP contribution in [0.3, 0.4) is 0 Å². The minimum atomic E-state index is 0.751. The molecule has 0 radical (unpaired) electrons. The molecule has 20 heavy (non-hydrogen) atoms. The van der Waals surface area contributed by atoms with Crippen LogP contribution in [-0.4, -0.2) is 12.0 Å². The molecular weight excluding hydrogens is 268 g/mol. The first-order chi connectivity index (χ1) is 9.78. The lowest BCUT2D eigenvalue weighted by molar-refractivity contribution is 0.819. The number of pyridine rings is 1. The Hall–Kier alpha value is -1.90. The van der Waals surface area contributed by atoms with E-state index in [1.165, 1.54) is 5.56 Å². The Morgan fingerprint density at radius 3 is 2.85 bits per heavy atom. The molecule has 3 heteroatoms. The van der Waals surface area contributed by atoms with Gasteiger partial charge in [0.05, 0.1) is 5.52 Å². The van der Waals surface area contributed by atoms with Gasteiger partial charge < -0.3 is 5.32 Å². The first-order valence-electron chi connectivity index (χ1n) is 6.56. The minimum Gasteiger partial charge on any atom is -0.316 e. The molecular formula is C17H15ClN2. The molecule has 1 N–H and O–H groups in total.